The van der Waals surface area contributed by atoms with Gasteiger partial charge in [-0.05, 0) is 24.0 Å². The molecule has 4 rings (SSSR count). The molecule has 1 fully saturated rings. The largest absolute Gasteiger partial charge is 0.300 e. The third kappa shape index (κ3) is 4.65. The molecule has 5 heteroatoms. The topological polar surface area (TPSA) is 54.9 Å². The molecule has 2 aromatic carbocycles. The quantitative estimate of drug-likeness (QED) is 0.582. The first-order chi connectivity index (χ1) is 13.8. The van der Waals surface area contributed by atoms with Gasteiger partial charge in [-0.2, -0.15) is 0 Å². The van der Waals surface area contributed by atoms with Crippen molar-refractivity contribution in [1.82, 2.24) is 10.2 Å². The Kier molecular flexibility index (Phi) is 6.12. The Bertz CT molecular complexity index is 849. The normalized spacial score (nSPS) is 14.9. The third-order valence-electron chi connectivity index (χ3n) is 5.43. The van der Waals surface area contributed by atoms with Crippen molar-refractivity contribution in [2.24, 2.45) is 0 Å². The van der Waals surface area contributed by atoms with Gasteiger partial charge in [0, 0.05) is 18.3 Å². The van der Waals surface area contributed by atoms with Crippen molar-refractivity contribution in [3.8, 4) is 0 Å². The van der Waals surface area contributed by atoms with E-state index in [4.69, 9.17) is 0 Å². The molecule has 0 atom stereocenters. The van der Waals surface area contributed by atoms with E-state index >= 15 is 0 Å². The van der Waals surface area contributed by atoms with Crippen molar-refractivity contribution in [2.45, 2.75) is 50.4 Å². The molecule has 1 N–H and O–H groups in total. The van der Waals surface area contributed by atoms with Gasteiger partial charge in [-0.15, -0.1) is 10.2 Å². The van der Waals surface area contributed by atoms with Crippen molar-refractivity contribution in [3.05, 3.63) is 76.8 Å². The summed E-state index contributed by atoms with van der Waals surface area (Å²) in [5.74, 6) is 0.510. The summed E-state index contributed by atoms with van der Waals surface area (Å²) in [5, 5.41) is 13.2. The second-order valence-corrected chi connectivity index (χ2v) is 8.42. The molecule has 144 valence electrons. The highest BCUT2D eigenvalue weighted by Crippen LogP contribution is 2.35. The zero-order chi connectivity index (χ0) is 19.2. The standard InChI is InChI=1S/C23H25N3OS/c27-21(24-23-26-25-22(28-23)19-14-8-3-9-15-19)16-20(17-10-4-1-5-11-17)18-12-6-2-7-13-18/h1-2,4-7,10-13,19-20H,3,8-9,14-16H2,(H,24,26,27). The number of hydrogen-bond acceptors (Lipinski definition) is 4. The highest BCUT2D eigenvalue weighted by molar-refractivity contribution is 7.15. The lowest BCUT2D eigenvalue weighted by molar-refractivity contribution is -0.116. The monoisotopic (exact) mass is 391 g/mol. The van der Waals surface area contributed by atoms with Gasteiger partial charge in [0.05, 0.1) is 0 Å². The molecule has 4 nitrogen and oxygen atoms in total. The van der Waals surface area contributed by atoms with Gasteiger partial charge in [0.25, 0.3) is 0 Å². The summed E-state index contributed by atoms with van der Waals surface area (Å²) in [4.78, 5) is 12.8. The SMILES string of the molecule is O=C(CC(c1ccccc1)c1ccccc1)Nc1nnc(C2CCCCC2)s1. The number of rotatable bonds is 6. The van der Waals surface area contributed by atoms with E-state index in [1.165, 1.54) is 43.4 Å². The Morgan fingerprint density at radius 1 is 0.929 bits per heavy atom. The maximum Gasteiger partial charge on any atom is 0.227 e. The summed E-state index contributed by atoms with van der Waals surface area (Å²) in [7, 11) is 0. The Morgan fingerprint density at radius 3 is 2.14 bits per heavy atom. The van der Waals surface area contributed by atoms with Crippen LogP contribution < -0.4 is 5.32 Å². The van der Waals surface area contributed by atoms with Crippen LogP contribution in [0.2, 0.25) is 0 Å². The van der Waals surface area contributed by atoms with Crippen molar-refractivity contribution in [1.29, 1.82) is 0 Å². The average molecular weight is 392 g/mol. The maximum absolute atomic E-state index is 12.8. The minimum atomic E-state index is -0.0240. The van der Waals surface area contributed by atoms with Gasteiger partial charge in [-0.1, -0.05) is 91.3 Å². The molecule has 1 amide bonds. The number of hydrogen-bond donors (Lipinski definition) is 1. The molecular formula is C23H25N3OS. The lowest BCUT2D eigenvalue weighted by Crippen LogP contribution is -2.16. The van der Waals surface area contributed by atoms with Gasteiger partial charge >= 0.3 is 0 Å². The minimum absolute atomic E-state index is 0.0214. The van der Waals surface area contributed by atoms with Crippen LogP contribution in [0.4, 0.5) is 5.13 Å². The van der Waals surface area contributed by atoms with Crippen LogP contribution in [0.1, 0.15) is 66.5 Å². The van der Waals surface area contributed by atoms with Gasteiger partial charge in [0.1, 0.15) is 5.01 Å². The van der Waals surface area contributed by atoms with Gasteiger partial charge in [0.2, 0.25) is 11.0 Å². The lowest BCUT2D eigenvalue weighted by Gasteiger charge is -2.18. The number of aromatic nitrogens is 2. The van der Waals surface area contributed by atoms with Crippen LogP contribution in [0.15, 0.2) is 60.7 Å². The molecular weight excluding hydrogens is 366 g/mol. The van der Waals surface area contributed by atoms with Gasteiger partial charge in [0.15, 0.2) is 0 Å². The summed E-state index contributed by atoms with van der Waals surface area (Å²) >= 11 is 1.53. The molecule has 0 spiro atoms. The van der Waals surface area contributed by atoms with Crippen LogP contribution in [0.3, 0.4) is 0 Å². The van der Waals surface area contributed by atoms with Gasteiger partial charge in [-0.3, -0.25) is 4.79 Å². The molecule has 0 aliphatic heterocycles. The Hall–Kier alpha value is -2.53. The average Bonchev–Trinajstić information content (AvgIpc) is 3.22. The second kappa shape index (κ2) is 9.11. The number of benzene rings is 2. The van der Waals surface area contributed by atoms with Gasteiger partial charge in [-0.25, -0.2) is 0 Å². The molecule has 0 saturated heterocycles. The smallest absolute Gasteiger partial charge is 0.227 e. The second-order valence-electron chi connectivity index (χ2n) is 7.41. The van der Waals surface area contributed by atoms with Crippen molar-refractivity contribution in [2.75, 3.05) is 5.32 Å². The summed E-state index contributed by atoms with van der Waals surface area (Å²) in [6.45, 7) is 0. The number of carbonyl (C=O) groups excluding carboxylic acids is 1. The molecule has 1 aromatic heterocycles. The van der Waals surface area contributed by atoms with E-state index in [2.05, 4.69) is 39.8 Å². The molecule has 1 saturated carbocycles. The highest BCUT2D eigenvalue weighted by Gasteiger charge is 2.22. The van der Waals surface area contributed by atoms with Crippen molar-refractivity contribution >= 4 is 22.4 Å². The van der Waals surface area contributed by atoms with E-state index in [0.717, 1.165) is 16.1 Å². The Labute approximate surface area is 170 Å². The summed E-state index contributed by atoms with van der Waals surface area (Å²) in [6.07, 6.45) is 6.61. The molecule has 0 bridgehead atoms. The minimum Gasteiger partial charge on any atom is -0.300 e. The van der Waals surface area contributed by atoms with Crippen LogP contribution in [0, 0.1) is 0 Å². The fourth-order valence-electron chi connectivity index (χ4n) is 3.95. The number of nitrogens with zero attached hydrogens (tertiary/aromatic N) is 2. The summed E-state index contributed by atoms with van der Waals surface area (Å²) in [5.41, 5.74) is 2.29. The molecule has 1 aliphatic carbocycles. The van der Waals surface area contributed by atoms with Crippen LogP contribution in [0.5, 0.6) is 0 Å². The number of amides is 1. The molecule has 3 aromatic rings. The van der Waals surface area contributed by atoms with Crippen LogP contribution in [-0.2, 0) is 4.79 Å². The number of anilines is 1. The fourth-order valence-corrected chi connectivity index (χ4v) is 4.88. The Balaban J connectivity index is 1.45. The predicted molar refractivity (Wildman–Crippen MR) is 114 cm³/mol. The maximum atomic E-state index is 12.8. The summed E-state index contributed by atoms with van der Waals surface area (Å²) < 4.78 is 0. The first-order valence-corrected chi connectivity index (χ1v) is 10.8. The summed E-state index contributed by atoms with van der Waals surface area (Å²) in [6, 6.07) is 20.4. The molecule has 1 aliphatic rings. The predicted octanol–water partition coefficient (Wildman–Crippen LogP) is 5.75. The molecule has 0 unspecified atom stereocenters. The van der Waals surface area contributed by atoms with Crippen LogP contribution in [-0.4, -0.2) is 16.1 Å². The van der Waals surface area contributed by atoms with E-state index in [1.807, 2.05) is 36.4 Å². The first-order valence-electron chi connectivity index (χ1n) is 10.0. The molecule has 1 heterocycles. The first kappa shape index (κ1) is 18.8. The van der Waals surface area contributed by atoms with E-state index in [1.54, 1.807) is 0 Å². The fraction of sp³-hybridized carbons (Fsp3) is 0.348. The highest BCUT2D eigenvalue weighted by atomic mass is 32.1. The van der Waals surface area contributed by atoms with Crippen LogP contribution in [0.25, 0.3) is 0 Å². The van der Waals surface area contributed by atoms with E-state index in [0.29, 0.717) is 17.5 Å². The zero-order valence-electron chi connectivity index (χ0n) is 15.9. The molecule has 28 heavy (non-hydrogen) atoms. The van der Waals surface area contributed by atoms with E-state index < -0.39 is 0 Å². The Morgan fingerprint density at radius 2 is 1.54 bits per heavy atom. The lowest BCUT2D eigenvalue weighted by atomic mass is 9.88. The van der Waals surface area contributed by atoms with Crippen molar-refractivity contribution in [3.63, 3.8) is 0 Å². The van der Waals surface area contributed by atoms with E-state index in [9.17, 15) is 4.79 Å². The zero-order valence-corrected chi connectivity index (χ0v) is 16.7. The van der Waals surface area contributed by atoms with Crippen molar-refractivity contribution < 1.29 is 4.79 Å². The number of nitrogens with one attached hydrogen (secondary N) is 1. The van der Waals surface area contributed by atoms with E-state index in [-0.39, 0.29) is 11.8 Å². The number of carbonyl (C=O) groups is 1. The molecule has 0 radical (unpaired) electrons. The van der Waals surface area contributed by atoms with Gasteiger partial charge < -0.3 is 5.32 Å². The third-order valence-corrected chi connectivity index (χ3v) is 6.44. The van der Waals surface area contributed by atoms with Crippen LogP contribution >= 0.6 is 11.3 Å².